The first-order chi connectivity index (χ1) is 70.6. The summed E-state index contributed by atoms with van der Waals surface area (Å²) in [6, 6.07) is 107. The van der Waals surface area contributed by atoms with E-state index in [2.05, 4.69) is 521 Å². The van der Waals surface area contributed by atoms with E-state index in [0.29, 0.717) is 16.7 Å². The molecule has 0 unspecified atom stereocenters. The zero-order chi connectivity index (χ0) is 108. The second-order valence-corrected chi connectivity index (χ2v) is 50.3. The molecule has 772 valence electrons. The zero-order valence-electron chi connectivity index (χ0n) is 95.5. The average Bonchev–Trinajstić information content (AvgIpc) is 0.751. The van der Waals surface area contributed by atoms with E-state index in [9.17, 15) is 4.79 Å². The predicted molar refractivity (Wildman–Crippen MR) is 658 cm³/mol. The molecule has 0 aliphatic heterocycles. The summed E-state index contributed by atoms with van der Waals surface area (Å²) < 4.78 is 5.74. The van der Waals surface area contributed by atoms with Gasteiger partial charge in [-0.2, -0.15) is 0 Å². The highest BCUT2D eigenvalue weighted by Gasteiger charge is 2.31. The second kappa shape index (κ2) is 47.5. The Balaban J connectivity index is 1.14. The molecule has 1 N–H and O–H groups in total. The number of esters is 1. The third kappa shape index (κ3) is 26.0. The molecule has 1 atom stereocenters. The summed E-state index contributed by atoms with van der Waals surface area (Å²) in [5.74, 6) is 3.75. The summed E-state index contributed by atoms with van der Waals surface area (Å²) >= 11 is 2.25. The first kappa shape index (κ1) is 111. The van der Waals surface area contributed by atoms with Crippen molar-refractivity contribution in [1.29, 1.82) is 0 Å². The highest BCUT2D eigenvalue weighted by atomic mass is 127. The summed E-state index contributed by atoms with van der Waals surface area (Å²) in [5.41, 5.74) is 50.6. The van der Waals surface area contributed by atoms with Gasteiger partial charge in [0.05, 0.1) is 12.7 Å². The zero-order valence-corrected chi connectivity index (χ0v) is 98.5. The molecule has 15 rings (SSSR count). The third-order valence-electron chi connectivity index (χ3n) is 31.0. The minimum Gasteiger partial charge on any atom is -0.467 e. The van der Waals surface area contributed by atoms with Crippen molar-refractivity contribution in [2.75, 3.05) is 12.9 Å². The van der Waals surface area contributed by atoms with Crippen LogP contribution in [0.5, 0.6) is 0 Å². The topological polar surface area (TPSA) is 55.4 Å². The van der Waals surface area contributed by atoms with Gasteiger partial charge in [-0.1, -0.05) is 394 Å². The van der Waals surface area contributed by atoms with Crippen molar-refractivity contribution in [3.63, 3.8) is 0 Å². The molecule has 0 saturated heterocycles. The number of nitrogens with one attached hydrogen (secondary N) is 1. The molecule has 15 aromatic carbocycles. The van der Waals surface area contributed by atoms with Gasteiger partial charge in [0.1, 0.15) is 6.04 Å². The number of amides is 1. The molecule has 0 aromatic heterocycles. The molecule has 0 saturated carbocycles. The van der Waals surface area contributed by atoms with Crippen molar-refractivity contribution in [1.82, 2.24) is 5.32 Å². The number of hydrogen-bond donors (Lipinski definition) is 1. The number of hydrogen-bond acceptors (Lipinski definition) is 4. The summed E-state index contributed by atoms with van der Waals surface area (Å²) in [6.45, 7) is 74.0. The van der Waals surface area contributed by atoms with Gasteiger partial charge in [0.25, 0.3) is 5.91 Å². The van der Waals surface area contributed by atoms with E-state index in [1.807, 2.05) is 0 Å². The quantitative estimate of drug-likeness (QED) is 0.0318. The fourth-order valence-electron chi connectivity index (χ4n) is 20.7. The number of carbonyl (C=O) groups is 2. The van der Waals surface area contributed by atoms with E-state index in [1.165, 1.54) is 150 Å². The summed E-state index contributed by atoms with van der Waals surface area (Å²) in [5, 5.41) is 3.45. The molecule has 6 heteroatoms. The van der Waals surface area contributed by atoms with E-state index in [1.54, 1.807) is 0 Å². The predicted octanol–water partition coefficient (Wildman–Crippen LogP) is 43.4. The fraction of sp³-hybridized carbons (Fsp3) is 0.357. The average molecular weight is 2100 g/mol. The Bertz CT molecular complexity index is 6090. The first-order valence-corrected chi connectivity index (χ1v) is 59.1. The maximum Gasteiger partial charge on any atom is 0.329 e. The van der Waals surface area contributed by atoms with Crippen LogP contribution in [0.2, 0.25) is 0 Å². The van der Waals surface area contributed by atoms with Gasteiger partial charge in [0, 0.05) is 5.75 Å². The summed E-state index contributed by atoms with van der Waals surface area (Å²) in [6.07, 6.45) is 0. The van der Waals surface area contributed by atoms with Crippen LogP contribution in [0.15, 0.2) is 273 Å². The monoisotopic (exact) mass is 2100 g/mol. The molecule has 0 heterocycles. The third-order valence-corrected chi connectivity index (χ3v) is 32.6. The van der Waals surface area contributed by atoms with Crippen LogP contribution in [0, 0.1) is 0 Å². The molecule has 0 aliphatic rings. The highest BCUT2D eigenvalue weighted by molar-refractivity contribution is 14.2. The van der Waals surface area contributed by atoms with E-state index in [-0.39, 0.29) is 100 Å². The van der Waals surface area contributed by atoms with Crippen molar-refractivity contribution in [3.05, 3.63) is 368 Å². The van der Waals surface area contributed by atoms with Crippen molar-refractivity contribution < 1.29 is 14.3 Å². The lowest BCUT2D eigenvalue weighted by atomic mass is 9.83. The molecular weight excluding hydrogens is 1940 g/mol. The van der Waals surface area contributed by atoms with Crippen molar-refractivity contribution >= 4 is 42.0 Å². The van der Waals surface area contributed by atoms with E-state index in [4.69, 9.17) is 4.74 Å². The minimum atomic E-state index is -1.03. The number of methoxy groups -OCH3 is 1. The van der Waals surface area contributed by atoms with Crippen LogP contribution in [0.25, 0.3) is 156 Å². The Morgan fingerprint density at radius 2 is 0.322 bits per heavy atom. The Morgan fingerprint density at radius 1 is 0.201 bits per heavy atom. The molecule has 0 aliphatic carbocycles. The summed E-state index contributed by atoms with van der Waals surface area (Å²) in [7, 11) is 2.90. The van der Waals surface area contributed by atoms with E-state index >= 15 is 4.79 Å². The smallest absolute Gasteiger partial charge is 0.329 e. The molecule has 0 fully saturated rings. The largest absolute Gasteiger partial charge is 0.467 e. The molecule has 4 nitrogen and oxygen atoms in total. The Labute approximate surface area is 912 Å². The van der Waals surface area contributed by atoms with Crippen LogP contribution in [0.1, 0.15) is 416 Å². The van der Waals surface area contributed by atoms with Crippen LogP contribution >= 0.6 is 30.1 Å². The molecule has 149 heavy (non-hydrogen) atoms. The number of rotatable bonds is 35. The van der Waals surface area contributed by atoms with Crippen LogP contribution < -0.4 is 5.32 Å². The van der Waals surface area contributed by atoms with Crippen LogP contribution in [-0.4, -0.2) is 30.8 Å². The maximum atomic E-state index is 17.6. The van der Waals surface area contributed by atoms with Crippen LogP contribution in [-0.2, 0) is 9.53 Å². The molecule has 0 bridgehead atoms. The van der Waals surface area contributed by atoms with Gasteiger partial charge in [-0.05, 0) is 470 Å². The van der Waals surface area contributed by atoms with Crippen molar-refractivity contribution in [3.8, 4) is 156 Å². The molecular formula is C143H164INO3S. The van der Waals surface area contributed by atoms with E-state index in [0.717, 1.165) is 100 Å². The fourth-order valence-corrected chi connectivity index (χ4v) is 22.1. The Kier molecular flexibility index (Phi) is 35.5. The van der Waals surface area contributed by atoms with E-state index < -0.39 is 17.9 Å². The number of ether oxygens (including phenoxy) is 1. The standard InChI is InChI=1S/C143H164INO3S/c1-80(2)96-37-97(81(3)4)46-112(45-96)120-61-121(113-47-98(82(5)6)38-99(48-113)83(7)8)66-128(65-120)132-73-133(129-67-122(114-49-100(84(9)10)39-101(50-114)85(11)12)62-123(68-129)115-51-102(86(13)14)40-103(52-115)87(15)16)76-136(75-132)138-35-34-36-139(141(138)142(146)145-140(79-149-144)143(147)148-33)137-77-134(130-69-124(116-53-104(88(17)18)41-105(54-116)89(19)20)63-125(70-130)117-55-106(90(21)22)42-107(56-117)91(23)24)74-135(78-137)131-71-126(118-57-108(92(25)26)43-109(58-118)93(27)28)64-127(72-131)119-59-110(94(29)30)44-111(60-119)95(31)32/h34-78,80-95,140H,79H2,1-33H3,(H,145,146)/t140-/m0/s1. The number of halogens is 1. The Morgan fingerprint density at radius 3 is 0.436 bits per heavy atom. The lowest BCUT2D eigenvalue weighted by Crippen LogP contribution is -2.43. The van der Waals surface area contributed by atoms with Gasteiger partial charge in [-0.3, -0.25) is 4.79 Å². The van der Waals surface area contributed by atoms with Gasteiger partial charge in [0.15, 0.2) is 0 Å². The lowest BCUT2D eigenvalue weighted by Gasteiger charge is -2.22. The molecule has 0 spiro atoms. The maximum absolute atomic E-state index is 17.6. The number of benzene rings is 15. The van der Waals surface area contributed by atoms with Crippen molar-refractivity contribution in [2.24, 2.45) is 0 Å². The van der Waals surface area contributed by atoms with Crippen molar-refractivity contribution in [2.45, 2.75) is 322 Å². The van der Waals surface area contributed by atoms with Gasteiger partial charge in [-0.25, -0.2) is 4.79 Å². The van der Waals surface area contributed by atoms with Gasteiger partial charge in [-0.15, -0.1) is 0 Å². The van der Waals surface area contributed by atoms with Gasteiger partial charge < -0.3 is 10.1 Å². The SMILES string of the molecule is COC(=O)[C@H](CSI)NC(=O)c1c(-c2cc(-c3cc(-c4cc(C(C)C)cc(C(C)C)c4)cc(-c4cc(C(C)C)cc(C(C)C)c4)c3)cc(-c3cc(-c4cc(C(C)C)cc(C(C)C)c4)cc(-c4cc(C(C)C)cc(C(C)C)c4)c3)c2)cccc1-c1cc(-c2cc(-c3cc(C(C)C)cc(C(C)C)c3)cc(-c3cc(C(C)C)cc(C(C)C)c3)c2)cc(-c2cc(-c3cc(C(C)C)cc(C(C)C)c3)cc(-c3cc(C(C)C)cc(C(C)C)c3)c2)c1. The van der Waals surface area contributed by atoms with Crippen LogP contribution in [0.4, 0.5) is 0 Å². The minimum absolute atomic E-state index is 0.258. The van der Waals surface area contributed by atoms with Crippen LogP contribution in [0.3, 0.4) is 0 Å². The summed E-state index contributed by atoms with van der Waals surface area (Å²) in [4.78, 5) is 32.4. The molecule has 0 radical (unpaired) electrons. The van der Waals surface area contributed by atoms with Gasteiger partial charge in [0.2, 0.25) is 0 Å². The van der Waals surface area contributed by atoms with Gasteiger partial charge >= 0.3 is 5.97 Å². The number of carbonyl (C=O) groups excluding carboxylic acids is 2. The Hall–Kier alpha value is -11.7. The molecule has 1 amide bonds. The normalized spacial score (nSPS) is 12.3. The first-order valence-electron chi connectivity index (χ1n) is 55.5. The second-order valence-electron chi connectivity index (χ2n) is 47.9. The highest BCUT2D eigenvalue weighted by Crippen LogP contribution is 2.50. The molecule has 15 aromatic rings. The lowest BCUT2D eigenvalue weighted by molar-refractivity contribution is -0.142.